The molecule has 4 nitrogen and oxygen atoms in total. The van der Waals surface area contributed by atoms with E-state index >= 15 is 0 Å². The van der Waals surface area contributed by atoms with E-state index in [1.807, 2.05) is 4.90 Å². The summed E-state index contributed by atoms with van der Waals surface area (Å²) in [6, 6.07) is 5.84. The van der Waals surface area contributed by atoms with Crippen LogP contribution >= 0.6 is 0 Å². The minimum Gasteiger partial charge on any atom is -0.492 e. The lowest BCUT2D eigenvalue weighted by atomic mass is 10.0. The van der Waals surface area contributed by atoms with Gasteiger partial charge < -0.3 is 9.84 Å². The molecule has 0 atom stereocenters. The second-order valence-corrected chi connectivity index (χ2v) is 4.10. The third-order valence-electron chi connectivity index (χ3n) is 2.80. The molecule has 0 aliphatic carbocycles. The van der Waals surface area contributed by atoms with E-state index in [9.17, 15) is 9.18 Å². The zero-order valence-electron chi connectivity index (χ0n) is 9.30. The molecule has 1 N–H and O–H groups in total. The van der Waals surface area contributed by atoms with Crippen LogP contribution in [0.2, 0.25) is 0 Å². The first-order valence-electron chi connectivity index (χ1n) is 5.48. The van der Waals surface area contributed by atoms with E-state index in [1.54, 1.807) is 12.1 Å². The van der Waals surface area contributed by atoms with E-state index < -0.39 is 5.97 Å². The number of hydrogen-bond acceptors (Lipinski definition) is 3. The first-order valence-corrected chi connectivity index (χ1v) is 5.48. The van der Waals surface area contributed by atoms with Crippen molar-refractivity contribution in [1.82, 2.24) is 4.90 Å². The van der Waals surface area contributed by atoms with Gasteiger partial charge in [-0.2, -0.15) is 0 Å². The molecule has 1 heterocycles. The van der Waals surface area contributed by atoms with E-state index in [4.69, 9.17) is 9.84 Å². The molecule has 1 saturated heterocycles. The van der Waals surface area contributed by atoms with Crippen molar-refractivity contribution in [2.75, 3.05) is 26.2 Å². The molecule has 0 unspecified atom stereocenters. The fourth-order valence-electron chi connectivity index (χ4n) is 1.73. The van der Waals surface area contributed by atoms with Crippen LogP contribution in [0.5, 0.6) is 5.75 Å². The predicted octanol–water partition coefficient (Wildman–Crippen LogP) is 1.22. The summed E-state index contributed by atoms with van der Waals surface area (Å²) in [5, 5.41) is 8.69. The molecular formula is C12H14FNO3. The molecule has 0 amide bonds. The highest BCUT2D eigenvalue weighted by Crippen LogP contribution is 2.15. The number of rotatable bonds is 5. The Bertz CT molecular complexity index is 387. The van der Waals surface area contributed by atoms with Gasteiger partial charge in [-0.3, -0.25) is 9.69 Å². The Morgan fingerprint density at radius 3 is 2.65 bits per heavy atom. The molecule has 1 aromatic rings. The van der Waals surface area contributed by atoms with Crippen LogP contribution in [-0.2, 0) is 4.79 Å². The Kier molecular flexibility index (Phi) is 3.58. The first-order chi connectivity index (χ1) is 8.15. The maximum atomic E-state index is 12.6. The number of hydrogen-bond donors (Lipinski definition) is 1. The Balaban J connectivity index is 1.64. The summed E-state index contributed by atoms with van der Waals surface area (Å²) >= 11 is 0. The fraction of sp³-hybridized carbons (Fsp3) is 0.417. The summed E-state index contributed by atoms with van der Waals surface area (Å²) < 4.78 is 18.0. The summed E-state index contributed by atoms with van der Waals surface area (Å²) in [6.45, 7) is 2.35. The third-order valence-corrected chi connectivity index (χ3v) is 2.80. The molecule has 0 bridgehead atoms. The van der Waals surface area contributed by atoms with Crippen LogP contribution in [0.1, 0.15) is 0 Å². The average molecular weight is 239 g/mol. The van der Waals surface area contributed by atoms with Gasteiger partial charge >= 0.3 is 5.97 Å². The molecule has 0 spiro atoms. The second-order valence-electron chi connectivity index (χ2n) is 4.10. The van der Waals surface area contributed by atoms with Crippen molar-refractivity contribution in [2.24, 2.45) is 5.92 Å². The Morgan fingerprint density at radius 2 is 2.06 bits per heavy atom. The van der Waals surface area contributed by atoms with Gasteiger partial charge in [0.05, 0.1) is 5.92 Å². The number of halogens is 1. The summed E-state index contributed by atoms with van der Waals surface area (Å²) in [5.74, 6) is -0.632. The Labute approximate surface area is 98.6 Å². The predicted molar refractivity (Wildman–Crippen MR) is 59.5 cm³/mol. The van der Waals surface area contributed by atoms with Crippen LogP contribution in [0.3, 0.4) is 0 Å². The molecule has 17 heavy (non-hydrogen) atoms. The SMILES string of the molecule is O=C(O)C1CN(CCOc2ccc(F)cc2)C1. The van der Waals surface area contributed by atoms with Gasteiger partial charge in [-0.15, -0.1) is 0 Å². The minimum atomic E-state index is -0.735. The minimum absolute atomic E-state index is 0.235. The number of likely N-dealkylation sites (tertiary alicyclic amines) is 1. The molecule has 1 aromatic carbocycles. The van der Waals surface area contributed by atoms with Crippen LogP contribution in [0, 0.1) is 11.7 Å². The number of ether oxygens (including phenoxy) is 1. The highest BCUT2D eigenvalue weighted by Gasteiger charge is 2.31. The molecule has 0 aromatic heterocycles. The summed E-state index contributed by atoms with van der Waals surface area (Å²) in [6.07, 6.45) is 0. The van der Waals surface area contributed by atoms with Crippen molar-refractivity contribution in [3.63, 3.8) is 0 Å². The molecule has 92 valence electrons. The summed E-state index contributed by atoms with van der Waals surface area (Å²) in [5.41, 5.74) is 0. The van der Waals surface area contributed by atoms with Crippen molar-refractivity contribution in [3.8, 4) is 5.75 Å². The first kappa shape index (κ1) is 11.9. The summed E-state index contributed by atoms with van der Waals surface area (Å²) in [7, 11) is 0. The van der Waals surface area contributed by atoms with Crippen LogP contribution in [0.15, 0.2) is 24.3 Å². The summed E-state index contributed by atoms with van der Waals surface area (Å²) in [4.78, 5) is 12.6. The smallest absolute Gasteiger partial charge is 0.309 e. The highest BCUT2D eigenvalue weighted by atomic mass is 19.1. The van der Waals surface area contributed by atoms with E-state index in [0.717, 1.165) is 0 Å². The molecule has 1 aliphatic heterocycles. The van der Waals surface area contributed by atoms with Gasteiger partial charge in [-0.05, 0) is 24.3 Å². The second kappa shape index (κ2) is 5.14. The maximum absolute atomic E-state index is 12.6. The van der Waals surface area contributed by atoms with Gasteiger partial charge in [0.2, 0.25) is 0 Å². The van der Waals surface area contributed by atoms with Gasteiger partial charge in [0.15, 0.2) is 0 Å². The number of carboxylic acids is 1. The third kappa shape index (κ3) is 3.17. The lowest BCUT2D eigenvalue weighted by Crippen LogP contribution is -2.51. The molecule has 2 rings (SSSR count). The zero-order valence-corrected chi connectivity index (χ0v) is 9.30. The van der Waals surface area contributed by atoms with Crippen molar-refractivity contribution in [1.29, 1.82) is 0 Å². The van der Waals surface area contributed by atoms with Crippen LogP contribution in [0.4, 0.5) is 4.39 Å². The molecule has 5 heteroatoms. The normalized spacial score (nSPS) is 16.5. The molecule has 1 fully saturated rings. The van der Waals surface area contributed by atoms with E-state index in [-0.39, 0.29) is 11.7 Å². The van der Waals surface area contributed by atoms with Gasteiger partial charge in [-0.25, -0.2) is 4.39 Å². The van der Waals surface area contributed by atoms with Crippen molar-refractivity contribution in [2.45, 2.75) is 0 Å². The average Bonchev–Trinajstić information content (AvgIpc) is 2.23. The molecule has 0 saturated carbocycles. The zero-order chi connectivity index (χ0) is 12.3. The lowest BCUT2D eigenvalue weighted by Gasteiger charge is -2.36. The molecular weight excluding hydrogens is 225 g/mol. The van der Waals surface area contributed by atoms with Crippen molar-refractivity contribution >= 4 is 5.97 Å². The number of benzene rings is 1. The van der Waals surface area contributed by atoms with Crippen LogP contribution in [-0.4, -0.2) is 42.2 Å². The van der Waals surface area contributed by atoms with Gasteiger partial charge in [0.25, 0.3) is 0 Å². The largest absolute Gasteiger partial charge is 0.492 e. The van der Waals surface area contributed by atoms with Gasteiger partial charge in [0, 0.05) is 19.6 Å². The van der Waals surface area contributed by atoms with Gasteiger partial charge in [-0.1, -0.05) is 0 Å². The monoisotopic (exact) mass is 239 g/mol. The standard InChI is InChI=1S/C12H14FNO3/c13-10-1-3-11(4-2-10)17-6-5-14-7-9(8-14)12(15)16/h1-4,9H,5-8H2,(H,15,16). The van der Waals surface area contributed by atoms with Gasteiger partial charge in [0.1, 0.15) is 18.2 Å². The number of nitrogens with zero attached hydrogens (tertiary/aromatic N) is 1. The van der Waals surface area contributed by atoms with E-state index in [0.29, 0.717) is 32.0 Å². The number of carbonyl (C=O) groups is 1. The van der Waals surface area contributed by atoms with Crippen LogP contribution in [0.25, 0.3) is 0 Å². The topological polar surface area (TPSA) is 49.8 Å². The number of carboxylic acid groups (broad SMARTS) is 1. The highest BCUT2D eigenvalue weighted by molar-refractivity contribution is 5.71. The Morgan fingerprint density at radius 1 is 1.41 bits per heavy atom. The number of aliphatic carboxylic acids is 1. The molecule has 1 aliphatic rings. The Hall–Kier alpha value is -1.62. The maximum Gasteiger partial charge on any atom is 0.309 e. The molecule has 0 radical (unpaired) electrons. The fourth-order valence-corrected chi connectivity index (χ4v) is 1.73. The van der Waals surface area contributed by atoms with E-state index in [2.05, 4.69) is 0 Å². The lowest BCUT2D eigenvalue weighted by molar-refractivity contribution is -0.147. The van der Waals surface area contributed by atoms with Crippen LogP contribution < -0.4 is 4.74 Å². The quantitative estimate of drug-likeness (QED) is 0.839. The van der Waals surface area contributed by atoms with E-state index in [1.165, 1.54) is 12.1 Å². The van der Waals surface area contributed by atoms with Crippen molar-refractivity contribution < 1.29 is 19.0 Å². The van der Waals surface area contributed by atoms with Crippen molar-refractivity contribution in [3.05, 3.63) is 30.1 Å².